The van der Waals surface area contributed by atoms with Gasteiger partial charge in [-0.3, -0.25) is 0 Å². The first-order valence-electron chi connectivity index (χ1n) is 7.76. The van der Waals surface area contributed by atoms with Crippen LogP contribution in [0.3, 0.4) is 0 Å². The molecule has 1 unspecified atom stereocenters. The highest BCUT2D eigenvalue weighted by molar-refractivity contribution is 5.34. The van der Waals surface area contributed by atoms with Crippen LogP contribution in [0.5, 0.6) is 5.75 Å². The monoisotopic (exact) mass is 276 g/mol. The van der Waals surface area contributed by atoms with E-state index in [2.05, 4.69) is 0 Å². The second-order valence-corrected chi connectivity index (χ2v) is 6.19. The summed E-state index contributed by atoms with van der Waals surface area (Å²) >= 11 is 0. The Kier molecular flexibility index (Phi) is 3.99. The fraction of sp³-hybridized carbons (Fsp3) is 0.647. The van der Waals surface area contributed by atoms with Crippen LogP contribution in [0.15, 0.2) is 24.3 Å². The maximum atomic E-state index is 9.75. The van der Waals surface area contributed by atoms with Crippen LogP contribution in [0.4, 0.5) is 0 Å². The summed E-state index contributed by atoms with van der Waals surface area (Å²) in [5, 5.41) is 9.75. The van der Waals surface area contributed by atoms with Gasteiger partial charge >= 0.3 is 0 Å². The highest BCUT2D eigenvalue weighted by atomic mass is 16.6. The van der Waals surface area contributed by atoms with Gasteiger partial charge < -0.3 is 14.6 Å². The second kappa shape index (κ2) is 5.74. The van der Waals surface area contributed by atoms with E-state index in [0.717, 1.165) is 17.7 Å². The summed E-state index contributed by atoms with van der Waals surface area (Å²) in [5.41, 5.74) is 1.01. The van der Waals surface area contributed by atoms with Gasteiger partial charge in [-0.15, -0.1) is 0 Å². The second-order valence-electron chi connectivity index (χ2n) is 6.19. The molecule has 20 heavy (non-hydrogen) atoms. The minimum atomic E-state index is -0.503. The SMILES string of the molecule is C[C@@H](O)c1ccccc1OCC1CCC2(CCCC2)O1. The van der Waals surface area contributed by atoms with Crippen LogP contribution in [-0.4, -0.2) is 23.4 Å². The van der Waals surface area contributed by atoms with E-state index in [-0.39, 0.29) is 11.7 Å². The Bertz CT molecular complexity index is 449. The van der Waals surface area contributed by atoms with E-state index in [1.807, 2.05) is 24.3 Å². The first kappa shape index (κ1) is 13.9. The molecule has 1 aromatic rings. The summed E-state index contributed by atoms with van der Waals surface area (Å²) < 4.78 is 12.1. The van der Waals surface area contributed by atoms with Gasteiger partial charge in [0.2, 0.25) is 0 Å². The molecule has 3 rings (SSSR count). The minimum Gasteiger partial charge on any atom is -0.490 e. The van der Waals surface area contributed by atoms with Gasteiger partial charge in [0, 0.05) is 5.56 Å². The van der Waals surface area contributed by atoms with Crippen LogP contribution in [0.1, 0.15) is 57.1 Å². The van der Waals surface area contributed by atoms with Crippen LogP contribution in [0.25, 0.3) is 0 Å². The molecule has 2 atom stereocenters. The molecule has 2 fully saturated rings. The van der Waals surface area contributed by atoms with Crippen molar-refractivity contribution in [1.82, 2.24) is 0 Å². The third-order valence-corrected chi connectivity index (χ3v) is 4.65. The molecule has 0 radical (unpaired) electrons. The van der Waals surface area contributed by atoms with E-state index in [0.29, 0.717) is 6.61 Å². The molecule has 1 saturated carbocycles. The van der Waals surface area contributed by atoms with Gasteiger partial charge in [0.05, 0.1) is 17.8 Å². The fourth-order valence-electron chi connectivity index (χ4n) is 3.54. The Morgan fingerprint density at radius 1 is 1.30 bits per heavy atom. The van der Waals surface area contributed by atoms with Crippen molar-refractivity contribution in [1.29, 1.82) is 0 Å². The third-order valence-electron chi connectivity index (χ3n) is 4.65. The molecule has 2 aliphatic rings. The largest absolute Gasteiger partial charge is 0.490 e. The lowest BCUT2D eigenvalue weighted by Crippen LogP contribution is -2.27. The van der Waals surface area contributed by atoms with Crippen molar-refractivity contribution in [2.75, 3.05) is 6.61 Å². The smallest absolute Gasteiger partial charge is 0.125 e. The summed E-state index contributed by atoms with van der Waals surface area (Å²) in [7, 11) is 0. The topological polar surface area (TPSA) is 38.7 Å². The van der Waals surface area contributed by atoms with Crippen molar-refractivity contribution in [2.45, 2.75) is 63.3 Å². The average molecular weight is 276 g/mol. The van der Waals surface area contributed by atoms with Gasteiger partial charge in [-0.05, 0) is 38.7 Å². The average Bonchev–Trinajstić information content (AvgIpc) is 3.07. The molecular formula is C17H24O3. The van der Waals surface area contributed by atoms with Crippen molar-refractivity contribution in [3.8, 4) is 5.75 Å². The molecule has 1 heterocycles. The number of ether oxygens (including phenoxy) is 2. The van der Waals surface area contributed by atoms with Crippen molar-refractivity contribution in [3.63, 3.8) is 0 Å². The highest BCUT2D eigenvalue weighted by Crippen LogP contribution is 2.43. The van der Waals surface area contributed by atoms with E-state index in [4.69, 9.17) is 9.47 Å². The van der Waals surface area contributed by atoms with Crippen LogP contribution in [-0.2, 0) is 4.74 Å². The highest BCUT2D eigenvalue weighted by Gasteiger charge is 2.42. The maximum absolute atomic E-state index is 9.75. The Balaban J connectivity index is 1.58. The van der Waals surface area contributed by atoms with Gasteiger partial charge in [-0.25, -0.2) is 0 Å². The van der Waals surface area contributed by atoms with Crippen molar-refractivity contribution >= 4 is 0 Å². The van der Waals surface area contributed by atoms with Crippen LogP contribution in [0.2, 0.25) is 0 Å². The molecule has 110 valence electrons. The van der Waals surface area contributed by atoms with Gasteiger partial charge in [-0.1, -0.05) is 31.0 Å². The molecule has 1 spiro atoms. The summed E-state index contributed by atoms with van der Waals surface area (Å²) in [6, 6.07) is 7.69. The molecule has 1 N–H and O–H groups in total. The van der Waals surface area contributed by atoms with E-state index in [1.54, 1.807) is 6.92 Å². The van der Waals surface area contributed by atoms with E-state index in [1.165, 1.54) is 32.1 Å². The molecule has 0 aromatic heterocycles. The van der Waals surface area contributed by atoms with Gasteiger partial charge in [0.1, 0.15) is 12.4 Å². The van der Waals surface area contributed by atoms with Crippen molar-refractivity contribution in [3.05, 3.63) is 29.8 Å². The zero-order valence-corrected chi connectivity index (χ0v) is 12.2. The summed E-state index contributed by atoms with van der Waals surface area (Å²) in [6.07, 6.45) is 7.01. The number of benzene rings is 1. The zero-order chi connectivity index (χ0) is 14.0. The number of para-hydroxylation sites is 1. The minimum absolute atomic E-state index is 0.164. The van der Waals surface area contributed by atoms with E-state index >= 15 is 0 Å². The molecular weight excluding hydrogens is 252 g/mol. The number of rotatable bonds is 4. The van der Waals surface area contributed by atoms with E-state index in [9.17, 15) is 5.11 Å². The molecule has 1 saturated heterocycles. The third kappa shape index (κ3) is 2.84. The quantitative estimate of drug-likeness (QED) is 0.913. The predicted molar refractivity (Wildman–Crippen MR) is 77.9 cm³/mol. The number of hydrogen-bond donors (Lipinski definition) is 1. The lowest BCUT2D eigenvalue weighted by Gasteiger charge is -2.24. The summed E-state index contributed by atoms with van der Waals surface area (Å²) in [4.78, 5) is 0. The van der Waals surface area contributed by atoms with Crippen molar-refractivity contribution < 1.29 is 14.6 Å². The van der Waals surface area contributed by atoms with Crippen molar-refractivity contribution in [2.24, 2.45) is 0 Å². The lowest BCUT2D eigenvalue weighted by atomic mass is 9.98. The molecule has 1 aliphatic heterocycles. The zero-order valence-electron chi connectivity index (χ0n) is 12.2. The van der Waals surface area contributed by atoms with Crippen LogP contribution < -0.4 is 4.74 Å². The molecule has 0 amide bonds. The molecule has 1 aromatic carbocycles. The standard InChI is InChI=1S/C17H24O3/c1-13(18)15-6-2-3-7-16(15)19-12-14-8-11-17(20-14)9-4-5-10-17/h2-3,6-7,13-14,18H,4-5,8-12H2,1H3/t13-,14?/m1/s1. The lowest BCUT2D eigenvalue weighted by molar-refractivity contribution is -0.0511. The first-order valence-corrected chi connectivity index (χ1v) is 7.76. The van der Waals surface area contributed by atoms with Crippen LogP contribution >= 0.6 is 0 Å². The van der Waals surface area contributed by atoms with E-state index < -0.39 is 6.10 Å². The Morgan fingerprint density at radius 2 is 2.05 bits per heavy atom. The van der Waals surface area contributed by atoms with Gasteiger partial charge in [0.25, 0.3) is 0 Å². The number of aliphatic hydroxyl groups excluding tert-OH is 1. The fourth-order valence-corrected chi connectivity index (χ4v) is 3.54. The Morgan fingerprint density at radius 3 is 2.80 bits per heavy atom. The normalized spacial score (nSPS) is 26.0. The summed E-state index contributed by atoms with van der Waals surface area (Å²) in [5.74, 6) is 0.776. The Hall–Kier alpha value is -1.06. The predicted octanol–water partition coefficient (Wildman–Crippen LogP) is 3.61. The maximum Gasteiger partial charge on any atom is 0.125 e. The Labute approximate surface area is 120 Å². The van der Waals surface area contributed by atoms with Gasteiger partial charge in [0.15, 0.2) is 0 Å². The molecule has 0 bridgehead atoms. The first-order chi connectivity index (χ1) is 9.69. The molecule has 3 heteroatoms. The summed E-state index contributed by atoms with van der Waals surface area (Å²) in [6.45, 7) is 2.35. The van der Waals surface area contributed by atoms with Crippen LogP contribution in [0, 0.1) is 0 Å². The number of aliphatic hydroxyl groups is 1. The number of hydrogen-bond acceptors (Lipinski definition) is 3. The molecule has 1 aliphatic carbocycles. The van der Waals surface area contributed by atoms with Gasteiger partial charge in [-0.2, -0.15) is 0 Å². The molecule has 3 nitrogen and oxygen atoms in total.